The maximum absolute atomic E-state index is 5.72. The third-order valence-corrected chi connectivity index (χ3v) is 5.25. The van der Waals surface area contributed by atoms with Crippen LogP contribution < -0.4 is 11.3 Å². The van der Waals surface area contributed by atoms with E-state index in [4.69, 9.17) is 5.84 Å². The van der Waals surface area contributed by atoms with Gasteiger partial charge >= 0.3 is 0 Å². The second kappa shape index (κ2) is 6.60. The summed E-state index contributed by atoms with van der Waals surface area (Å²) in [4.78, 5) is 0. The Morgan fingerprint density at radius 3 is 2.56 bits per heavy atom. The molecule has 0 aromatic heterocycles. The monoisotopic (exact) mass is 264 g/mol. The Kier molecular flexibility index (Phi) is 5.10. The van der Waals surface area contributed by atoms with Gasteiger partial charge in [-0.15, -0.1) is 0 Å². The van der Waals surface area contributed by atoms with Crippen molar-refractivity contribution in [1.82, 2.24) is 5.43 Å². The molecular weight excluding hydrogens is 240 g/mol. The highest BCUT2D eigenvalue weighted by molar-refractivity contribution is 8.00. The lowest BCUT2D eigenvalue weighted by Gasteiger charge is -2.22. The zero-order valence-corrected chi connectivity index (χ0v) is 12.2. The molecule has 1 aliphatic rings. The number of benzene rings is 1. The van der Waals surface area contributed by atoms with Gasteiger partial charge in [0.05, 0.1) is 0 Å². The summed E-state index contributed by atoms with van der Waals surface area (Å²) in [6.07, 6.45) is 3.66. The van der Waals surface area contributed by atoms with Crippen LogP contribution in [0, 0.1) is 0 Å². The van der Waals surface area contributed by atoms with E-state index in [-0.39, 0.29) is 0 Å². The molecule has 0 bridgehead atoms. The van der Waals surface area contributed by atoms with Gasteiger partial charge in [-0.3, -0.25) is 11.3 Å². The molecule has 2 unspecified atom stereocenters. The summed E-state index contributed by atoms with van der Waals surface area (Å²) in [7, 11) is 0. The fourth-order valence-corrected chi connectivity index (χ4v) is 3.89. The van der Waals surface area contributed by atoms with Crippen molar-refractivity contribution in [2.24, 2.45) is 5.84 Å². The summed E-state index contributed by atoms with van der Waals surface area (Å²) in [6, 6.07) is 9.39. The first-order valence-corrected chi connectivity index (χ1v) is 7.92. The van der Waals surface area contributed by atoms with E-state index in [1.165, 1.54) is 29.7 Å². The molecular formula is C15H24N2S. The van der Waals surface area contributed by atoms with E-state index in [1.54, 1.807) is 0 Å². The average molecular weight is 264 g/mol. The van der Waals surface area contributed by atoms with Crippen molar-refractivity contribution < 1.29 is 0 Å². The molecule has 2 rings (SSSR count). The second-order valence-corrected chi connectivity index (χ2v) is 6.77. The molecule has 1 fully saturated rings. The molecule has 3 N–H and O–H groups in total. The fourth-order valence-electron chi connectivity index (χ4n) is 2.51. The minimum absolute atomic E-state index is 0.405. The first-order chi connectivity index (χ1) is 8.70. The summed E-state index contributed by atoms with van der Waals surface area (Å²) in [5.41, 5.74) is 5.80. The van der Waals surface area contributed by atoms with Crippen molar-refractivity contribution in [3.63, 3.8) is 0 Å². The largest absolute Gasteiger partial charge is 0.271 e. The van der Waals surface area contributed by atoms with Crippen LogP contribution in [0.25, 0.3) is 0 Å². The molecule has 18 heavy (non-hydrogen) atoms. The number of hydrogen-bond acceptors (Lipinski definition) is 3. The molecule has 1 aromatic carbocycles. The van der Waals surface area contributed by atoms with Crippen molar-refractivity contribution in [2.45, 2.75) is 50.3 Å². The Hall–Kier alpha value is -0.510. The van der Waals surface area contributed by atoms with Gasteiger partial charge in [-0.1, -0.05) is 38.1 Å². The van der Waals surface area contributed by atoms with Crippen molar-refractivity contribution in [1.29, 1.82) is 0 Å². The standard InChI is InChI=1S/C15H24N2S/c1-11(2)13-7-5-12(6-8-13)10-14(17-16)15-4-3-9-18-15/h5-8,11,14-15,17H,3-4,9-10,16H2,1-2H3. The van der Waals surface area contributed by atoms with Gasteiger partial charge in [-0.05, 0) is 42.1 Å². The first kappa shape index (κ1) is 13.9. The summed E-state index contributed by atoms with van der Waals surface area (Å²) < 4.78 is 0. The van der Waals surface area contributed by atoms with Gasteiger partial charge in [0.2, 0.25) is 0 Å². The third-order valence-electron chi connectivity index (χ3n) is 3.73. The molecule has 1 aromatic rings. The normalized spacial score (nSPS) is 21.4. The van der Waals surface area contributed by atoms with Gasteiger partial charge in [0.15, 0.2) is 0 Å². The van der Waals surface area contributed by atoms with Gasteiger partial charge in [0.25, 0.3) is 0 Å². The van der Waals surface area contributed by atoms with Crippen molar-refractivity contribution in [2.75, 3.05) is 5.75 Å². The topological polar surface area (TPSA) is 38.0 Å². The number of thioether (sulfide) groups is 1. The van der Waals surface area contributed by atoms with Crippen LogP contribution in [0.2, 0.25) is 0 Å². The highest BCUT2D eigenvalue weighted by atomic mass is 32.2. The molecule has 2 nitrogen and oxygen atoms in total. The highest BCUT2D eigenvalue weighted by Gasteiger charge is 2.24. The minimum atomic E-state index is 0.405. The summed E-state index contributed by atoms with van der Waals surface area (Å²) in [5, 5.41) is 0.680. The maximum Gasteiger partial charge on any atom is 0.0369 e. The van der Waals surface area contributed by atoms with Crippen LogP contribution in [0.1, 0.15) is 43.7 Å². The number of rotatable bonds is 5. The molecule has 3 heteroatoms. The van der Waals surface area contributed by atoms with Gasteiger partial charge in [-0.2, -0.15) is 11.8 Å². The maximum atomic E-state index is 5.72. The van der Waals surface area contributed by atoms with Crippen LogP contribution in [0.15, 0.2) is 24.3 Å². The summed E-state index contributed by atoms with van der Waals surface area (Å²) in [5.74, 6) is 7.61. The number of hydrogen-bond donors (Lipinski definition) is 2. The van der Waals surface area contributed by atoms with E-state index in [1.807, 2.05) is 0 Å². The van der Waals surface area contributed by atoms with Crippen molar-refractivity contribution in [3.05, 3.63) is 35.4 Å². The van der Waals surface area contributed by atoms with Gasteiger partial charge < -0.3 is 0 Å². The Bertz CT molecular complexity index is 355. The SMILES string of the molecule is CC(C)c1ccc(CC(NN)C2CCCS2)cc1. The Labute approximate surface area is 115 Å². The molecule has 2 atom stereocenters. The smallest absolute Gasteiger partial charge is 0.0369 e. The molecule has 0 spiro atoms. The molecule has 0 amide bonds. The van der Waals surface area contributed by atoms with E-state index in [2.05, 4.69) is 55.3 Å². The molecule has 1 heterocycles. The lowest BCUT2D eigenvalue weighted by molar-refractivity contribution is 0.496. The third kappa shape index (κ3) is 3.50. The number of hydrazine groups is 1. The van der Waals surface area contributed by atoms with Gasteiger partial charge in [0, 0.05) is 11.3 Å². The predicted octanol–water partition coefficient (Wildman–Crippen LogP) is 3.08. The Morgan fingerprint density at radius 2 is 2.06 bits per heavy atom. The number of nitrogens with two attached hydrogens (primary N) is 1. The zero-order valence-electron chi connectivity index (χ0n) is 11.4. The van der Waals surface area contributed by atoms with Crippen LogP contribution in [0.4, 0.5) is 0 Å². The lowest BCUT2D eigenvalue weighted by atomic mass is 9.97. The first-order valence-electron chi connectivity index (χ1n) is 6.87. The van der Waals surface area contributed by atoms with E-state index in [0.717, 1.165) is 6.42 Å². The van der Waals surface area contributed by atoms with Crippen LogP contribution in [-0.4, -0.2) is 17.0 Å². The van der Waals surface area contributed by atoms with Gasteiger partial charge in [0.1, 0.15) is 0 Å². The summed E-state index contributed by atoms with van der Waals surface area (Å²) in [6.45, 7) is 4.46. The average Bonchev–Trinajstić information content (AvgIpc) is 2.90. The summed E-state index contributed by atoms with van der Waals surface area (Å²) >= 11 is 2.06. The Morgan fingerprint density at radius 1 is 1.33 bits per heavy atom. The fraction of sp³-hybridized carbons (Fsp3) is 0.600. The van der Waals surface area contributed by atoms with Crippen LogP contribution >= 0.6 is 11.8 Å². The lowest BCUT2D eigenvalue weighted by Crippen LogP contribution is -2.43. The molecule has 1 aliphatic heterocycles. The predicted molar refractivity (Wildman–Crippen MR) is 80.8 cm³/mol. The van der Waals surface area contributed by atoms with Crippen LogP contribution in [0.5, 0.6) is 0 Å². The molecule has 1 saturated heterocycles. The van der Waals surface area contributed by atoms with Crippen molar-refractivity contribution in [3.8, 4) is 0 Å². The molecule has 0 aliphatic carbocycles. The van der Waals surface area contributed by atoms with Gasteiger partial charge in [-0.25, -0.2) is 0 Å². The molecule has 0 saturated carbocycles. The highest BCUT2D eigenvalue weighted by Crippen LogP contribution is 2.30. The molecule has 100 valence electrons. The van der Waals surface area contributed by atoms with E-state index in [0.29, 0.717) is 17.2 Å². The van der Waals surface area contributed by atoms with E-state index >= 15 is 0 Å². The Balaban J connectivity index is 1.98. The second-order valence-electron chi connectivity index (χ2n) is 5.43. The van der Waals surface area contributed by atoms with E-state index in [9.17, 15) is 0 Å². The minimum Gasteiger partial charge on any atom is -0.271 e. The van der Waals surface area contributed by atoms with Crippen LogP contribution in [0.3, 0.4) is 0 Å². The molecule has 0 radical (unpaired) electrons. The number of nitrogens with one attached hydrogen (secondary N) is 1. The zero-order chi connectivity index (χ0) is 13.0. The van der Waals surface area contributed by atoms with Crippen LogP contribution in [-0.2, 0) is 6.42 Å². The van der Waals surface area contributed by atoms with E-state index < -0.39 is 0 Å². The quantitative estimate of drug-likeness (QED) is 0.634. The van der Waals surface area contributed by atoms with Crippen molar-refractivity contribution >= 4 is 11.8 Å².